The molecule has 0 spiro atoms. The predicted molar refractivity (Wildman–Crippen MR) is 55.6 cm³/mol. The summed E-state index contributed by atoms with van der Waals surface area (Å²) in [4.78, 5) is 0. The van der Waals surface area contributed by atoms with Gasteiger partial charge in [0, 0.05) is 12.6 Å². The molecule has 2 N–H and O–H groups in total. The van der Waals surface area contributed by atoms with E-state index >= 15 is 0 Å². The summed E-state index contributed by atoms with van der Waals surface area (Å²) >= 11 is 0. The number of hydrogen-bond acceptors (Lipinski definition) is 2. The molecule has 1 rings (SSSR count). The van der Waals surface area contributed by atoms with E-state index in [-0.39, 0.29) is 16.6 Å². The molecule has 78 valence electrons. The monoisotopic (exact) mass is 185 g/mol. The molecule has 0 aromatic carbocycles. The Kier molecular flexibility index (Phi) is 2.50. The minimum absolute atomic E-state index is 0.0571. The van der Waals surface area contributed by atoms with Crippen molar-refractivity contribution in [3.05, 3.63) is 0 Å². The molecular formula is C11H23NO. The van der Waals surface area contributed by atoms with Gasteiger partial charge in [-0.05, 0) is 38.5 Å². The highest BCUT2D eigenvalue weighted by molar-refractivity contribution is 5.10. The molecule has 0 aromatic rings. The number of nitrogens with two attached hydrogens (primary N) is 1. The van der Waals surface area contributed by atoms with Crippen molar-refractivity contribution < 1.29 is 4.74 Å². The standard InChI is InChI=1S/C11H23NO/c1-9(2,11(12)6-7-11)8-10(3,4)13-5/h6-8,12H2,1-5H3. The molecule has 0 unspecified atom stereocenters. The Balaban J connectivity index is 2.61. The average molecular weight is 185 g/mol. The lowest BCUT2D eigenvalue weighted by Gasteiger charge is -2.38. The minimum Gasteiger partial charge on any atom is -0.379 e. The summed E-state index contributed by atoms with van der Waals surface area (Å²) in [6.45, 7) is 8.75. The van der Waals surface area contributed by atoms with Crippen LogP contribution in [-0.4, -0.2) is 18.2 Å². The van der Waals surface area contributed by atoms with E-state index in [0.29, 0.717) is 0 Å². The Labute approximate surface area is 81.8 Å². The van der Waals surface area contributed by atoms with Crippen molar-refractivity contribution in [2.24, 2.45) is 11.1 Å². The average Bonchev–Trinajstić information content (AvgIpc) is 2.67. The van der Waals surface area contributed by atoms with Gasteiger partial charge in [0.1, 0.15) is 0 Å². The highest BCUT2D eigenvalue weighted by atomic mass is 16.5. The highest BCUT2D eigenvalue weighted by Gasteiger charge is 2.52. The zero-order valence-corrected chi connectivity index (χ0v) is 9.61. The van der Waals surface area contributed by atoms with Crippen molar-refractivity contribution in [3.8, 4) is 0 Å². The van der Waals surface area contributed by atoms with Gasteiger partial charge in [-0.25, -0.2) is 0 Å². The third-order valence-corrected chi connectivity index (χ3v) is 3.56. The van der Waals surface area contributed by atoms with Gasteiger partial charge >= 0.3 is 0 Å². The fourth-order valence-corrected chi connectivity index (χ4v) is 2.12. The third-order valence-electron chi connectivity index (χ3n) is 3.56. The van der Waals surface area contributed by atoms with Gasteiger partial charge in [0.15, 0.2) is 0 Å². The molecule has 0 heterocycles. The largest absolute Gasteiger partial charge is 0.379 e. The smallest absolute Gasteiger partial charge is 0.0628 e. The van der Waals surface area contributed by atoms with E-state index < -0.39 is 0 Å². The van der Waals surface area contributed by atoms with Gasteiger partial charge in [0.25, 0.3) is 0 Å². The highest BCUT2D eigenvalue weighted by Crippen LogP contribution is 2.51. The molecule has 0 aliphatic heterocycles. The normalized spacial score (nSPS) is 21.7. The van der Waals surface area contributed by atoms with Gasteiger partial charge in [-0.2, -0.15) is 0 Å². The second-order valence-corrected chi connectivity index (χ2v) is 5.68. The van der Waals surface area contributed by atoms with Gasteiger partial charge in [-0.3, -0.25) is 0 Å². The molecule has 1 aliphatic carbocycles. The fourth-order valence-electron chi connectivity index (χ4n) is 2.12. The molecule has 1 fully saturated rings. The lowest BCUT2D eigenvalue weighted by atomic mass is 9.74. The van der Waals surface area contributed by atoms with E-state index in [4.69, 9.17) is 10.5 Å². The van der Waals surface area contributed by atoms with Gasteiger partial charge < -0.3 is 10.5 Å². The van der Waals surface area contributed by atoms with Crippen LogP contribution in [0.25, 0.3) is 0 Å². The van der Waals surface area contributed by atoms with Gasteiger partial charge in [0.05, 0.1) is 5.60 Å². The summed E-state index contributed by atoms with van der Waals surface area (Å²) in [6, 6.07) is 0. The van der Waals surface area contributed by atoms with Crippen molar-refractivity contribution in [1.82, 2.24) is 0 Å². The van der Waals surface area contributed by atoms with Crippen LogP contribution in [0, 0.1) is 5.41 Å². The molecule has 13 heavy (non-hydrogen) atoms. The van der Waals surface area contributed by atoms with Crippen LogP contribution >= 0.6 is 0 Å². The van der Waals surface area contributed by atoms with Crippen molar-refractivity contribution >= 4 is 0 Å². The van der Waals surface area contributed by atoms with Crippen LogP contribution in [0.2, 0.25) is 0 Å². The van der Waals surface area contributed by atoms with Crippen LogP contribution < -0.4 is 5.73 Å². The lowest BCUT2D eigenvalue weighted by Crippen LogP contribution is -2.44. The van der Waals surface area contributed by atoms with E-state index in [9.17, 15) is 0 Å². The summed E-state index contributed by atoms with van der Waals surface area (Å²) in [6.07, 6.45) is 3.35. The Bertz CT molecular complexity index is 192. The van der Waals surface area contributed by atoms with E-state index in [2.05, 4.69) is 27.7 Å². The number of ether oxygens (including phenoxy) is 1. The Morgan fingerprint density at radius 1 is 1.23 bits per heavy atom. The molecule has 2 heteroatoms. The maximum absolute atomic E-state index is 6.23. The predicted octanol–water partition coefficient (Wildman–Crippen LogP) is 2.32. The van der Waals surface area contributed by atoms with Crippen LogP contribution in [0.4, 0.5) is 0 Å². The maximum atomic E-state index is 6.23. The topological polar surface area (TPSA) is 35.2 Å². The van der Waals surface area contributed by atoms with Crippen LogP contribution in [0.3, 0.4) is 0 Å². The first-order valence-electron chi connectivity index (χ1n) is 5.07. The maximum Gasteiger partial charge on any atom is 0.0628 e. The van der Waals surface area contributed by atoms with Crippen LogP contribution in [-0.2, 0) is 4.74 Å². The Hall–Kier alpha value is -0.0800. The van der Waals surface area contributed by atoms with Crippen LogP contribution in [0.15, 0.2) is 0 Å². The van der Waals surface area contributed by atoms with Gasteiger partial charge in [0.2, 0.25) is 0 Å². The molecule has 0 bridgehead atoms. The second kappa shape index (κ2) is 2.96. The van der Waals surface area contributed by atoms with Crippen molar-refractivity contribution in [2.45, 2.75) is 58.1 Å². The van der Waals surface area contributed by atoms with E-state index in [1.807, 2.05) is 0 Å². The number of rotatable bonds is 4. The molecule has 0 radical (unpaired) electrons. The zero-order valence-electron chi connectivity index (χ0n) is 9.61. The molecule has 0 amide bonds. The fraction of sp³-hybridized carbons (Fsp3) is 1.00. The summed E-state index contributed by atoms with van der Waals surface area (Å²) in [5.41, 5.74) is 6.43. The van der Waals surface area contributed by atoms with Crippen LogP contribution in [0.1, 0.15) is 47.0 Å². The molecule has 0 atom stereocenters. The first-order chi connectivity index (χ1) is 5.72. The zero-order chi connectivity index (χ0) is 10.3. The number of methoxy groups -OCH3 is 1. The first kappa shape index (κ1) is 11.0. The van der Waals surface area contributed by atoms with Gasteiger partial charge in [-0.1, -0.05) is 13.8 Å². The Morgan fingerprint density at radius 3 is 2.00 bits per heavy atom. The van der Waals surface area contributed by atoms with E-state index in [1.165, 1.54) is 12.8 Å². The molecule has 0 aromatic heterocycles. The van der Waals surface area contributed by atoms with Crippen molar-refractivity contribution in [2.75, 3.05) is 7.11 Å². The quantitative estimate of drug-likeness (QED) is 0.729. The van der Waals surface area contributed by atoms with Crippen LogP contribution in [0.5, 0.6) is 0 Å². The summed E-state index contributed by atoms with van der Waals surface area (Å²) in [5, 5.41) is 0. The van der Waals surface area contributed by atoms with E-state index in [0.717, 1.165) is 6.42 Å². The van der Waals surface area contributed by atoms with Crippen molar-refractivity contribution in [3.63, 3.8) is 0 Å². The number of hydrogen-bond donors (Lipinski definition) is 1. The summed E-state index contributed by atoms with van der Waals surface area (Å²) < 4.78 is 5.44. The SMILES string of the molecule is COC(C)(C)CC(C)(C)C1(N)CC1. The third kappa shape index (κ3) is 2.23. The second-order valence-electron chi connectivity index (χ2n) is 5.68. The minimum atomic E-state index is -0.0571. The molecule has 2 nitrogen and oxygen atoms in total. The lowest BCUT2D eigenvalue weighted by molar-refractivity contribution is -0.0207. The molecule has 1 saturated carbocycles. The van der Waals surface area contributed by atoms with Crippen molar-refractivity contribution in [1.29, 1.82) is 0 Å². The molecule has 0 saturated heterocycles. The summed E-state index contributed by atoms with van der Waals surface area (Å²) in [5.74, 6) is 0. The first-order valence-corrected chi connectivity index (χ1v) is 5.07. The van der Waals surface area contributed by atoms with Gasteiger partial charge in [-0.15, -0.1) is 0 Å². The van der Waals surface area contributed by atoms with E-state index in [1.54, 1.807) is 7.11 Å². The summed E-state index contributed by atoms with van der Waals surface area (Å²) in [7, 11) is 1.77. The Morgan fingerprint density at radius 2 is 1.69 bits per heavy atom. The molecule has 1 aliphatic rings. The molecular weight excluding hydrogens is 162 g/mol.